The van der Waals surface area contributed by atoms with E-state index < -0.39 is 5.66 Å². The van der Waals surface area contributed by atoms with E-state index in [0.29, 0.717) is 0 Å². The Labute approximate surface area is 82.0 Å². The molecule has 1 aromatic rings. The molecule has 0 aliphatic carbocycles. The maximum Gasteiger partial charge on any atom is 0.247 e. The Morgan fingerprint density at radius 1 is 1.36 bits per heavy atom. The standard InChI is InChI=1S/C11H12N2O/c14-13-10-5-2-1-4-9(10)8-11(13)6-3-7-12-11/h1-2,4-5,8,12H,3,6-7H2. The topological polar surface area (TPSA) is 38.1 Å². The highest BCUT2D eigenvalue weighted by Gasteiger charge is 2.42. The van der Waals surface area contributed by atoms with Crippen molar-refractivity contribution < 1.29 is 0 Å². The van der Waals surface area contributed by atoms with Crippen molar-refractivity contribution in [2.45, 2.75) is 18.5 Å². The lowest BCUT2D eigenvalue weighted by Gasteiger charge is -2.20. The summed E-state index contributed by atoms with van der Waals surface area (Å²) in [6.45, 7) is 0.934. The fraction of sp³-hybridized carbons (Fsp3) is 0.364. The maximum atomic E-state index is 12.0. The predicted octanol–water partition coefficient (Wildman–Crippen LogP) is -0.451. The van der Waals surface area contributed by atoms with E-state index in [1.54, 1.807) is 0 Å². The van der Waals surface area contributed by atoms with Gasteiger partial charge >= 0.3 is 0 Å². The van der Waals surface area contributed by atoms with E-state index in [1.807, 2.05) is 24.3 Å². The quantitative estimate of drug-likeness (QED) is 0.442. The van der Waals surface area contributed by atoms with Crippen molar-refractivity contribution in [3.63, 3.8) is 0 Å². The third kappa shape index (κ3) is 0.876. The van der Waals surface area contributed by atoms with Crippen LogP contribution in [0.25, 0.3) is 6.08 Å². The highest BCUT2D eigenvalue weighted by molar-refractivity contribution is 5.42. The number of rotatable bonds is 0. The van der Waals surface area contributed by atoms with E-state index >= 15 is 0 Å². The number of nitrogens with zero attached hydrogens (tertiary/aromatic N) is 1. The van der Waals surface area contributed by atoms with E-state index in [9.17, 15) is 5.21 Å². The van der Waals surface area contributed by atoms with E-state index in [0.717, 1.165) is 34.7 Å². The zero-order chi connectivity index (χ0) is 9.60. The summed E-state index contributed by atoms with van der Waals surface area (Å²) >= 11 is 0. The van der Waals surface area contributed by atoms with Crippen LogP contribution in [0.1, 0.15) is 12.8 Å². The summed E-state index contributed by atoms with van der Waals surface area (Å²) < 4.78 is 1.12. The molecule has 0 saturated carbocycles. The van der Waals surface area contributed by atoms with Crippen LogP contribution in [0.5, 0.6) is 0 Å². The molecule has 1 saturated heterocycles. The SMILES string of the molecule is [O-][N+]1=c2ccccc2=CC12CCCN2. The summed E-state index contributed by atoms with van der Waals surface area (Å²) in [4.78, 5) is 0. The van der Waals surface area contributed by atoms with E-state index in [2.05, 4.69) is 11.4 Å². The van der Waals surface area contributed by atoms with Crippen LogP contribution in [-0.4, -0.2) is 12.2 Å². The number of para-hydroxylation sites is 1. The molecule has 1 aromatic carbocycles. The molecule has 0 amide bonds. The molecular formula is C11H12N2O. The summed E-state index contributed by atoms with van der Waals surface area (Å²) in [5.74, 6) is 0. The zero-order valence-corrected chi connectivity index (χ0v) is 7.86. The van der Waals surface area contributed by atoms with Crippen LogP contribution in [0, 0.1) is 5.21 Å². The Bertz CT molecular complexity index is 486. The second kappa shape index (κ2) is 2.58. The third-order valence-corrected chi connectivity index (χ3v) is 3.08. The van der Waals surface area contributed by atoms with Crippen molar-refractivity contribution in [1.29, 1.82) is 0 Å². The molecule has 2 heterocycles. The van der Waals surface area contributed by atoms with E-state index in [4.69, 9.17) is 0 Å². The molecule has 1 unspecified atom stereocenters. The van der Waals surface area contributed by atoms with Crippen LogP contribution in [0.2, 0.25) is 0 Å². The van der Waals surface area contributed by atoms with Crippen molar-refractivity contribution in [3.8, 4) is 0 Å². The minimum atomic E-state index is -0.441. The van der Waals surface area contributed by atoms with Gasteiger partial charge in [0.2, 0.25) is 11.0 Å². The molecule has 72 valence electrons. The number of nitrogens with one attached hydrogen (secondary N) is 1. The van der Waals surface area contributed by atoms with Gasteiger partial charge in [-0.2, -0.15) is 4.74 Å². The maximum absolute atomic E-state index is 12.0. The molecule has 3 heteroatoms. The minimum Gasteiger partial charge on any atom is -0.622 e. The summed E-state index contributed by atoms with van der Waals surface area (Å²) in [7, 11) is 0. The summed E-state index contributed by atoms with van der Waals surface area (Å²) in [6.07, 6.45) is 4.04. The zero-order valence-electron chi connectivity index (χ0n) is 7.86. The highest BCUT2D eigenvalue weighted by Crippen LogP contribution is 2.21. The van der Waals surface area contributed by atoms with Crippen molar-refractivity contribution >= 4 is 6.08 Å². The van der Waals surface area contributed by atoms with Gasteiger partial charge in [0.05, 0.1) is 5.22 Å². The van der Waals surface area contributed by atoms with E-state index in [1.165, 1.54) is 0 Å². The minimum absolute atomic E-state index is 0.441. The first-order valence-corrected chi connectivity index (χ1v) is 4.99. The lowest BCUT2D eigenvalue weighted by molar-refractivity contribution is 0.400. The molecular weight excluding hydrogens is 176 g/mol. The van der Waals surface area contributed by atoms with Crippen LogP contribution in [0.3, 0.4) is 0 Å². The number of benzene rings is 1. The summed E-state index contributed by atoms with van der Waals surface area (Å²) in [5.41, 5.74) is -0.441. The number of hydrogen-bond donors (Lipinski definition) is 1. The fourth-order valence-corrected chi connectivity index (χ4v) is 2.37. The Balaban J connectivity index is 2.31. The van der Waals surface area contributed by atoms with Crippen molar-refractivity contribution in [2.75, 3.05) is 6.54 Å². The average molecular weight is 188 g/mol. The molecule has 14 heavy (non-hydrogen) atoms. The molecule has 0 aromatic heterocycles. The Morgan fingerprint density at radius 2 is 2.21 bits per heavy atom. The van der Waals surface area contributed by atoms with Crippen LogP contribution < -0.4 is 20.6 Å². The highest BCUT2D eigenvalue weighted by atomic mass is 16.5. The van der Waals surface area contributed by atoms with Gasteiger partial charge in [0.1, 0.15) is 0 Å². The van der Waals surface area contributed by atoms with Crippen molar-refractivity contribution in [3.05, 3.63) is 40.0 Å². The van der Waals surface area contributed by atoms with Gasteiger partial charge < -0.3 is 5.21 Å². The first-order chi connectivity index (χ1) is 6.82. The van der Waals surface area contributed by atoms with Crippen LogP contribution >= 0.6 is 0 Å². The molecule has 0 bridgehead atoms. The lowest BCUT2D eigenvalue weighted by atomic mass is 10.1. The van der Waals surface area contributed by atoms with Gasteiger partial charge in [-0.25, -0.2) is 0 Å². The van der Waals surface area contributed by atoms with Gasteiger partial charge in [0, 0.05) is 25.1 Å². The van der Waals surface area contributed by atoms with Crippen LogP contribution in [-0.2, 0) is 0 Å². The first-order valence-electron chi connectivity index (χ1n) is 4.99. The van der Waals surface area contributed by atoms with Crippen molar-refractivity contribution in [1.82, 2.24) is 10.1 Å². The fourth-order valence-electron chi connectivity index (χ4n) is 2.37. The average Bonchev–Trinajstić information content (AvgIpc) is 2.77. The van der Waals surface area contributed by atoms with Gasteiger partial charge in [0.15, 0.2) is 0 Å². The second-order valence-electron chi connectivity index (χ2n) is 3.95. The van der Waals surface area contributed by atoms with Crippen LogP contribution in [0.15, 0.2) is 24.3 Å². The Morgan fingerprint density at radius 3 is 2.93 bits per heavy atom. The third-order valence-electron chi connectivity index (χ3n) is 3.08. The number of hydroxylamine groups is 1. The molecule has 1 atom stereocenters. The van der Waals surface area contributed by atoms with Gasteiger partial charge in [-0.05, 0) is 12.5 Å². The largest absolute Gasteiger partial charge is 0.622 e. The molecule has 1 N–H and O–H groups in total. The first kappa shape index (κ1) is 8.00. The van der Waals surface area contributed by atoms with Gasteiger partial charge in [-0.15, -0.1) is 0 Å². The summed E-state index contributed by atoms with van der Waals surface area (Å²) in [6, 6.07) is 7.76. The predicted molar refractivity (Wildman–Crippen MR) is 54.7 cm³/mol. The normalized spacial score (nSPS) is 29.3. The molecule has 2 aliphatic heterocycles. The van der Waals surface area contributed by atoms with E-state index in [-0.39, 0.29) is 0 Å². The van der Waals surface area contributed by atoms with Crippen LogP contribution in [0.4, 0.5) is 0 Å². The summed E-state index contributed by atoms with van der Waals surface area (Å²) in [5, 5.41) is 17.2. The molecule has 2 aliphatic rings. The molecule has 3 rings (SSSR count). The van der Waals surface area contributed by atoms with Crippen molar-refractivity contribution in [2.24, 2.45) is 0 Å². The van der Waals surface area contributed by atoms with Gasteiger partial charge in [-0.1, -0.05) is 12.1 Å². The smallest absolute Gasteiger partial charge is 0.247 e. The molecule has 0 radical (unpaired) electrons. The molecule has 1 spiro atoms. The number of fused-ring (bicyclic) bond motifs is 1. The Kier molecular flexibility index (Phi) is 1.47. The van der Waals surface area contributed by atoms with Gasteiger partial charge in [-0.3, -0.25) is 5.32 Å². The molecule has 1 fully saturated rings. The molecule has 3 nitrogen and oxygen atoms in total. The monoisotopic (exact) mass is 188 g/mol. The van der Waals surface area contributed by atoms with Gasteiger partial charge in [0.25, 0.3) is 0 Å². The Hall–Kier alpha value is -1.35. The number of hydrogen-bond acceptors (Lipinski definition) is 2. The second-order valence-corrected chi connectivity index (χ2v) is 3.95. The lowest BCUT2D eigenvalue weighted by Crippen LogP contribution is -2.49.